The standard InChI is InChI=1S/C13H20N2OS/c1-17-13-10-4-2-3-5-11(10)15-12(13)6-7-14-8-9-16/h2-5,12-16H,6-9H2,1H3/t12-,13+/m1/s1. The van der Waals surface area contributed by atoms with Crippen molar-refractivity contribution < 1.29 is 5.11 Å². The van der Waals surface area contributed by atoms with Crippen LogP contribution >= 0.6 is 11.8 Å². The highest BCUT2D eigenvalue weighted by atomic mass is 32.2. The minimum atomic E-state index is 0.213. The molecule has 17 heavy (non-hydrogen) atoms. The van der Waals surface area contributed by atoms with Gasteiger partial charge in [-0.2, -0.15) is 11.8 Å². The molecule has 3 N–H and O–H groups in total. The number of rotatable bonds is 6. The van der Waals surface area contributed by atoms with E-state index in [0.717, 1.165) is 13.0 Å². The fourth-order valence-electron chi connectivity index (χ4n) is 2.35. The van der Waals surface area contributed by atoms with Crippen molar-refractivity contribution in [1.82, 2.24) is 5.32 Å². The molecule has 0 bridgehead atoms. The van der Waals surface area contributed by atoms with Crippen molar-refractivity contribution in [2.75, 3.05) is 31.3 Å². The minimum Gasteiger partial charge on any atom is -0.395 e. The molecule has 0 aromatic heterocycles. The molecule has 1 aliphatic heterocycles. The van der Waals surface area contributed by atoms with Crippen molar-refractivity contribution in [3.63, 3.8) is 0 Å². The first-order valence-electron chi connectivity index (χ1n) is 6.06. The lowest BCUT2D eigenvalue weighted by Crippen LogP contribution is -2.27. The summed E-state index contributed by atoms with van der Waals surface area (Å²) in [5, 5.41) is 16.1. The van der Waals surface area contributed by atoms with Crippen LogP contribution in [0.4, 0.5) is 5.69 Å². The smallest absolute Gasteiger partial charge is 0.0555 e. The van der Waals surface area contributed by atoms with Crippen LogP contribution < -0.4 is 10.6 Å². The SMILES string of the molecule is CS[C@H]1c2ccccc2N[C@@H]1CCNCCO. The normalized spacial score (nSPS) is 22.2. The molecule has 2 atom stereocenters. The van der Waals surface area contributed by atoms with E-state index in [4.69, 9.17) is 5.11 Å². The van der Waals surface area contributed by atoms with Gasteiger partial charge in [-0.25, -0.2) is 0 Å². The molecule has 0 amide bonds. The number of nitrogens with one attached hydrogen (secondary N) is 2. The number of aliphatic hydroxyl groups is 1. The van der Waals surface area contributed by atoms with Crippen LogP contribution in [0.1, 0.15) is 17.2 Å². The van der Waals surface area contributed by atoms with Crippen molar-refractivity contribution in [2.24, 2.45) is 0 Å². The first kappa shape index (κ1) is 12.7. The van der Waals surface area contributed by atoms with Gasteiger partial charge in [-0.1, -0.05) is 18.2 Å². The number of aliphatic hydroxyl groups excluding tert-OH is 1. The molecule has 0 fully saturated rings. The maximum atomic E-state index is 8.72. The largest absolute Gasteiger partial charge is 0.395 e. The molecule has 0 aliphatic carbocycles. The topological polar surface area (TPSA) is 44.3 Å². The summed E-state index contributed by atoms with van der Waals surface area (Å²) >= 11 is 1.91. The zero-order valence-electron chi connectivity index (χ0n) is 10.1. The fraction of sp³-hybridized carbons (Fsp3) is 0.538. The Morgan fingerprint density at radius 2 is 2.18 bits per heavy atom. The van der Waals surface area contributed by atoms with Gasteiger partial charge in [-0.15, -0.1) is 0 Å². The molecule has 3 nitrogen and oxygen atoms in total. The summed E-state index contributed by atoms with van der Waals surface area (Å²) in [7, 11) is 0. The van der Waals surface area contributed by atoms with Gasteiger partial charge in [0.1, 0.15) is 0 Å². The van der Waals surface area contributed by atoms with Gasteiger partial charge in [0, 0.05) is 18.3 Å². The quantitative estimate of drug-likeness (QED) is 0.676. The molecule has 1 aromatic rings. The number of fused-ring (bicyclic) bond motifs is 1. The van der Waals surface area contributed by atoms with E-state index < -0.39 is 0 Å². The molecule has 4 heteroatoms. The molecule has 94 valence electrons. The third-order valence-electron chi connectivity index (χ3n) is 3.15. The molecule has 0 unspecified atom stereocenters. The lowest BCUT2D eigenvalue weighted by atomic mass is 10.1. The highest BCUT2D eigenvalue weighted by molar-refractivity contribution is 7.98. The van der Waals surface area contributed by atoms with Crippen molar-refractivity contribution in [3.05, 3.63) is 29.8 Å². The van der Waals surface area contributed by atoms with Crippen LogP contribution in [-0.2, 0) is 0 Å². The number of hydrogen-bond acceptors (Lipinski definition) is 4. The van der Waals surface area contributed by atoms with Gasteiger partial charge in [-0.3, -0.25) is 0 Å². The molecular weight excluding hydrogens is 232 g/mol. The van der Waals surface area contributed by atoms with Crippen molar-refractivity contribution in [2.45, 2.75) is 17.7 Å². The minimum absolute atomic E-state index is 0.213. The second kappa shape index (κ2) is 6.28. The summed E-state index contributed by atoms with van der Waals surface area (Å²) in [5.41, 5.74) is 2.70. The molecular formula is C13H20N2OS. The Morgan fingerprint density at radius 1 is 1.35 bits per heavy atom. The van der Waals surface area contributed by atoms with Crippen LogP contribution in [0.25, 0.3) is 0 Å². The van der Waals surface area contributed by atoms with E-state index in [1.807, 2.05) is 11.8 Å². The molecule has 1 aromatic carbocycles. The molecule has 1 aliphatic rings. The summed E-state index contributed by atoms with van der Waals surface area (Å²) in [6.07, 6.45) is 3.25. The first-order chi connectivity index (χ1) is 8.36. The van der Waals surface area contributed by atoms with Gasteiger partial charge in [0.15, 0.2) is 0 Å². The van der Waals surface area contributed by atoms with E-state index in [9.17, 15) is 0 Å². The molecule has 0 spiro atoms. The average Bonchev–Trinajstić information content (AvgIpc) is 2.72. The number of anilines is 1. The van der Waals surface area contributed by atoms with Gasteiger partial charge in [0.05, 0.1) is 11.9 Å². The van der Waals surface area contributed by atoms with Gasteiger partial charge < -0.3 is 15.7 Å². The van der Waals surface area contributed by atoms with Gasteiger partial charge in [-0.05, 0) is 30.9 Å². The van der Waals surface area contributed by atoms with E-state index in [-0.39, 0.29) is 6.61 Å². The van der Waals surface area contributed by atoms with Crippen LogP contribution in [-0.4, -0.2) is 37.1 Å². The van der Waals surface area contributed by atoms with Gasteiger partial charge in [0.2, 0.25) is 0 Å². The fourth-order valence-corrected chi connectivity index (χ4v) is 3.34. The third kappa shape index (κ3) is 2.94. The maximum Gasteiger partial charge on any atom is 0.0555 e. The summed E-state index contributed by atoms with van der Waals surface area (Å²) in [6.45, 7) is 1.84. The van der Waals surface area contributed by atoms with Gasteiger partial charge >= 0.3 is 0 Å². The lowest BCUT2D eigenvalue weighted by Gasteiger charge is -2.18. The molecule has 0 radical (unpaired) electrons. The van der Waals surface area contributed by atoms with Crippen LogP contribution in [0.3, 0.4) is 0 Å². The van der Waals surface area contributed by atoms with Crippen LogP contribution in [0.15, 0.2) is 24.3 Å². The zero-order valence-corrected chi connectivity index (χ0v) is 11.0. The summed E-state index contributed by atoms with van der Waals surface area (Å²) in [5.74, 6) is 0. The Morgan fingerprint density at radius 3 is 2.94 bits per heavy atom. The highest BCUT2D eigenvalue weighted by Crippen LogP contribution is 2.42. The number of thioether (sulfide) groups is 1. The third-order valence-corrected chi connectivity index (χ3v) is 4.24. The molecule has 0 saturated heterocycles. The van der Waals surface area contributed by atoms with Crippen molar-refractivity contribution in [3.8, 4) is 0 Å². The van der Waals surface area contributed by atoms with Crippen molar-refractivity contribution >= 4 is 17.4 Å². The van der Waals surface area contributed by atoms with E-state index >= 15 is 0 Å². The molecule has 2 rings (SSSR count). The van der Waals surface area contributed by atoms with Crippen LogP contribution in [0, 0.1) is 0 Å². The van der Waals surface area contributed by atoms with Crippen LogP contribution in [0.2, 0.25) is 0 Å². The lowest BCUT2D eigenvalue weighted by molar-refractivity contribution is 0.291. The summed E-state index contributed by atoms with van der Waals surface area (Å²) < 4.78 is 0. The first-order valence-corrected chi connectivity index (χ1v) is 7.35. The molecule has 1 heterocycles. The maximum absolute atomic E-state index is 8.72. The second-order valence-electron chi connectivity index (χ2n) is 4.26. The van der Waals surface area contributed by atoms with E-state index in [1.54, 1.807) is 0 Å². The molecule has 0 saturated carbocycles. The number of hydrogen-bond donors (Lipinski definition) is 3. The number of benzene rings is 1. The Bertz CT molecular complexity index is 359. The Balaban J connectivity index is 1.93. The van der Waals surface area contributed by atoms with Crippen molar-refractivity contribution in [1.29, 1.82) is 0 Å². The average molecular weight is 252 g/mol. The second-order valence-corrected chi connectivity index (χ2v) is 5.24. The predicted octanol–water partition coefficient (Wildman–Crippen LogP) is 1.86. The van der Waals surface area contributed by atoms with Gasteiger partial charge in [0.25, 0.3) is 0 Å². The van der Waals surface area contributed by atoms with E-state index in [2.05, 4.69) is 41.2 Å². The predicted molar refractivity (Wildman–Crippen MR) is 74.7 cm³/mol. The van der Waals surface area contributed by atoms with E-state index in [1.165, 1.54) is 11.3 Å². The zero-order chi connectivity index (χ0) is 12.1. The Hall–Kier alpha value is -0.710. The highest BCUT2D eigenvalue weighted by Gasteiger charge is 2.30. The summed E-state index contributed by atoms with van der Waals surface area (Å²) in [4.78, 5) is 0. The Labute approximate surface area is 107 Å². The van der Waals surface area contributed by atoms with Crippen LogP contribution in [0.5, 0.6) is 0 Å². The van der Waals surface area contributed by atoms with E-state index in [0.29, 0.717) is 17.8 Å². The number of para-hydroxylation sites is 1. The Kier molecular flexibility index (Phi) is 4.71. The monoisotopic (exact) mass is 252 g/mol. The summed E-state index contributed by atoms with van der Waals surface area (Å²) in [6, 6.07) is 9.05.